The lowest BCUT2D eigenvalue weighted by Gasteiger charge is -2.53. The number of nitrogens with zero attached hydrogens (tertiary/aromatic N) is 2. The molecule has 5 aliphatic rings. The lowest BCUT2D eigenvalue weighted by atomic mass is 9.52. The molecule has 1 aromatic carbocycles. The number of amides is 1. The van der Waals surface area contributed by atoms with E-state index in [9.17, 15) is 35.8 Å². The van der Waals surface area contributed by atoms with Gasteiger partial charge < -0.3 is 19.3 Å². The highest BCUT2D eigenvalue weighted by Gasteiger charge is 2.58. The van der Waals surface area contributed by atoms with Gasteiger partial charge in [-0.25, -0.2) is 4.79 Å². The molecule has 0 radical (unpaired) electrons. The second kappa shape index (κ2) is 22.1. The summed E-state index contributed by atoms with van der Waals surface area (Å²) < 4.78 is 90.3. The summed E-state index contributed by atoms with van der Waals surface area (Å²) in [6.45, 7) is 8.16. The molecule has 0 N–H and O–H groups in total. The van der Waals surface area contributed by atoms with Crippen molar-refractivity contribution in [3.05, 3.63) is 29.3 Å². The molecule has 346 valence electrons. The molecule has 7 nitrogen and oxygen atoms in total. The Bertz CT molecular complexity index is 1600. The topological polar surface area (TPSA) is 76.2 Å². The van der Waals surface area contributed by atoms with E-state index >= 15 is 0 Å². The molecule has 0 spiro atoms. The monoisotopic (exact) mass is 885 g/mol. The number of rotatable bonds is 20. The summed E-state index contributed by atoms with van der Waals surface area (Å²) in [5.41, 5.74) is 2.25. The first-order valence-corrected chi connectivity index (χ1v) is 25.5. The Morgan fingerprint density at radius 3 is 2.23 bits per heavy atom. The molecule has 6 rings (SSSR count). The van der Waals surface area contributed by atoms with Crippen LogP contribution in [-0.4, -0.2) is 88.0 Å². The quantitative estimate of drug-likeness (QED) is 0.0738. The number of ether oxygens (including phenoxy) is 2. The second-order valence-corrected chi connectivity index (χ2v) is 21.1. The lowest BCUT2D eigenvalue weighted by molar-refractivity contribution is -0.284. The zero-order valence-electron chi connectivity index (χ0n) is 36.9. The normalized spacial score (nSPS) is 27.9. The van der Waals surface area contributed by atoms with E-state index in [0.717, 1.165) is 89.3 Å². The first kappa shape index (κ1) is 48.2. The third kappa shape index (κ3) is 12.5. The van der Waals surface area contributed by atoms with Crippen LogP contribution in [-0.2, 0) is 26.8 Å². The number of fused-ring (bicyclic) bond motifs is 5. The van der Waals surface area contributed by atoms with Gasteiger partial charge in [0.15, 0.2) is 0 Å². The molecule has 7 atom stereocenters. The van der Waals surface area contributed by atoms with Gasteiger partial charge in [0.05, 0.1) is 0 Å². The van der Waals surface area contributed by atoms with Gasteiger partial charge in [-0.3, -0.25) is 9.00 Å². The minimum Gasteiger partial charge on any atom is -0.462 e. The van der Waals surface area contributed by atoms with Gasteiger partial charge in [0.25, 0.3) is 0 Å². The number of hydrogen-bond donors (Lipinski definition) is 0. The molecule has 0 bridgehead atoms. The van der Waals surface area contributed by atoms with Gasteiger partial charge in [0.1, 0.15) is 11.9 Å². The van der Waals surface area contributed by atoms with E-state index in [1.54, 1.807) is 0 Å². The summed E-state index contributed by atoms with van der Waals surface area (Å²) in [6, 6.07) is 6.61. The van der Waals surface area contributed by atoms with Crippen molar-refractivity contribution in [3.8, 4) is 5.75 Å². The Hall–Kier alpha value is -2.28. The largest absolute Gasteiger partial charge is 0.462 e. The lowest BCUT2D eigenvalue weighted by Crippen LogP contribution is -2.48. The molecule has 61 heavy (non-hydrogen) atoms. The van der Waals surface area contributed by atoms with E-state index in [1.165, 1.54) is 56.9 Å². The number of hydrogen-bond acceptors (Lipinski definition) is 6. The molecular weight excluding hydrogens is 812 g/mol. The van der Waals surface area contributed by atoms with Crippen LogP contribution in [0, 0.1) is 23.2 Å². The van der Waals surface area contributed by atoms with Gasteiger partial charge in [-0.05, 0) is 143 Å². The third-order valence-electron chi connectivity index (χ3n) is 15.4. The fourth-order valence-corrected chi connectivity index (χ4v) is 13.1. The molecular formula is C48H73F5N2O5S. The summed E-state index contributed by atoms with van der Waals surface area (Å²) in [5.74, 6) is -3.26. The number of likely N-dealkylation sites (tertiary alicyclic amines) is 2. The number of unbranched alkanes of at least 4 members (excludes halogenated alkanes) is 7. The summed E-state index contributed by atoms with van der Waals surface area (Å²) in [6.07, 6.45) is 13.2. The first-order valence-electron chi connectivity index (χ1n) is 24.0. The molecule has 2 heterocycles. The highest BCUT2D eigenvalue weighted by atomic mass is 32.2. The molecule has 13 heteroatoms. The Kier molecular flexibility index (Phi) is 17.4. The number of halogens is 5. The van der Waals surface area contributed by atoms with Gasteiger partial charge in [-0.2, -0.15) is 22.0 Å². The molecule has 2 saturated carbocycles. The van der Waals surface area contributed by atoms with Gasteiger partial charge in [0, 0.05) is 59.7 Å². The highest BCUT2D eigenvalue weighted by molar-refractivity contribution is 7.84. The van der Waals surface area contributed by atoms with Crippen LogP contribution in [0.25, 0.3) is 0 Å². The van der Waals surface area contributed by atoms with Gasteiger partial charge in [-0.1, -0.05) is 71.3 Å². The molecule has 0 aromatic heterocycles. The molecule has 1 aromatic rings. The standard InChI is InChI=1S/C48H73F5N2O5S/c1-3-4-5-6-7-8-9-11-17-43(56)60-42-21-20-41-44-35(16-14-31-61(58)32-15-25-47(49,50)48(51,52)53)33-36-34-38(18-19-39(36)40(44)22-26-46(41,42)2)59-45(57)55-29-23-37(24-30-55)54-27-12-10-13-28-54/h18-19,34-35,37,40-42,44H,3-17,20-33H2,1-2H3/t35-,40-,41+,42+,44-,46+,61?/m1/s1. The zero-order valence-corrected chi connectivity index (χ0v) is 37.8. The SMILES string of the molecule is CCCCCCCCCCC(=O)O[C@H]1CC[C@H]2[C@@H]3[C@H](CCCS(=O)CCCC(F)(F)C(F)(F)F)Cc4cc(OC(=O)N5CCC(N6CCCCC6)CC5)ccc4[C@H]3CC[C@]12C. The van der Waals surface area contributed by atoms with Gasteiger partial charge >= 0.3 is 24.2 Å². The van der Waals surface area contributed by atoms with Crippen molar-refractivity contribution in [2.24, 2.45) is 23.2 Å². The van der Waals surface area contributed by atoms with Crippen LogP contribution in [0.5, 0.6) is 5.75 Å². The van der Waals surface area contributed by atoms with Crippen molar-refractivity contribution in [1.82, 2.24) is 9.80 Å². The Labute approximate surface area is 364 Å². The van der Waals surface area contributed by atoms with E-state index in [1.807, 2.05) is 17.0 Å². The van der Waals surface area contributed by atoms with Crippen LogP contribution >= 0.6 is 0 Å². The van der Waals surface area contributed by atoms with Crippen molar-refractivity contribution >= 4 is 22.9 Å². The van der Waals surface area contributed by atoms with Crippen molar-refractivity contribution in [3.63, 3.8) is 0 Å². The predicted octanol–water partition coefficient (Wildman–Crippen LogP) is 12.2. The number of benzene rings is 1. The average molecular weight is 885 g/mol. The number of piperidine rings is 2. The van der Waals surface area contributed by atoms with Crippen molar-refractivity contribution < 1.29 is 45.2 Å². The minimum atomic E-state index is -5.61. The zero-order chi connectivity index (χ0) is 43.6. The number of alkyl halides is 5. The van der Waals surface area contributed by atoms with Crippen molar-refractivity contribution in [1.29, 1.82) is 0 Å². The molecule has 2 saturated heterocycles. The van der Waals surface area contributed by atoms with Gasteiger partial charge in [-0.15, -0.1) is 0 Å². The van der Waals surface area contributed by atoms with E-state index in [0.29, 0.717) is 43.6 Å². The summed E-state index contributed by atoms with van der Waals surface area (Å²) in [4.78, 5) is 31.0. The van der Waals surface area contributed by atoms with E-state index in [4.69, 9.17) is 9.47 Å². The summed E-state index contributed by atoms with van der Waals surface area (Å²) in [7, 11) is -1.51. The van der Waals surface area contributed by atoms with Crippen molar-refractivity contribution in [2.75, 3.05) is 37.7 Å². The molecule has 3 aliphatic carbocycles. The summed E-state index contributed by atoms with van der Waals surface area (Å²) in [5, 5.41) is 0. The average Bonchev–Trinajstić information content (AvgIpc) is 3.56. The van der Waals surface area contributed by atoms with Crippen LogP contribution in [0.15, 0.2) is 18.2 Å². The van der Waals surface area contributed by atoms with Crippen LogP contribution in [0.1, 0.15) is 172 Å². The maximum absolute atomic E-state index is 13.5. The minimum absolute atomic E-state index is 0.102. The van der Waals surface area contributed by atoms with Crippen molar-refractivity contribution in [2.45, 2.75) is 192 Å². The fourth-order valence-electron chi connectivity index (χ4n) is 11.9. The third-order valence-corrected chi connectivity index (χ3v) is 16.8. The predicted molar refractivity (Wildman–Crippen MR) is 230 cm³/mol. The Morgan fingerprint density at radius 1 is 0.836 bits per heavy atom. The van der Waals surface area contributed by atoms with Crippen LogP contribution in [0.2, 0.25) is 0 Å². The molecule has 1 unspecified atom stereocenters. The van der Waals surface area contributed by atoms with Crippen LogP contribution in [0.4, 0.5) is 26.7 Å². The van der Waals surface area contributed by atoms with E-state index < -0.39 is 35.7 Å². The highest BCUT2D eigenvalue weighted by Crippen LogP contribution is 2.63. The molecule has 2 aliphatic heterocycles. The second-order valence-electron chi connectivity index (χ2n) is 19.4. The molecule has 4 fully saturated rings. The Balaban J connectivity index is 1.08. The fraction of sp³-hybridized carbons (Fsp3) is 0.833. The van der Waals surface area contributed by atoms with Gasteiger partial charge in [0.2, 0.25) is 0 Å². The van der Waals surface area contributed by atoms with E-state index in [2.05, 4.69) is 24.8 Å². The smallest absolute Gasteiger partial charge is 0.453 e. The summed E-state index contributed by atoms with van der Waals surface area (Å²) >= 11 is 0. The van der Waals surface area contributed by atoms with Crippen LogP contribution in [0.3, 0.4) is 0 Å². The molecule has 1 amide bonds. The van der Waals surface area contributed by atoms with E-state index in [-0.39, 0.29) is 52.8 Å². The number of carbonyl (C=O) groups excluding carboxylic acids is 2. The first-order chi connectivity index (χ1) is 29.2. The maximum Gasteiger partial charge on any atom is 0.453 e. The number of esters is 1. The number of carbonyl (C=O) groups is 2. The Morgan fingerprint density at radius 2 is 1.52 bits per heavy atom. The maximum atomic E-state index is 13.5. The van der Waals surface area contributed by atoms with Crippen LogP contribution < -0.4 is 4.74 Å².